The van der Waals surface area contributed by atoms with Gasteiger partial charge in [0.2, 0.25) is 0 Å². The van der Waals surface area contributed by atoms with Gasteiger partial charge >= 0.3 is 0 Å². The van der Waals surface area contributed by atoms with Gasteiger partial charge in [0.1, 0.15) is 0 Å². The van der Waals surface area contributed by atoms with E-state index in [1.807, 2.05) is 0 Å². The van der Waals surface area contributed by atoms with Gasteiger partial charge in [-0.1, -0.05) is 0 Å². The molecule has 0 spiro atoms. The predicted molar refractivity (Wildman–Crippen MR) is 62.9 cm³/mol. The molecule has 0 aromatic heterocycles. The molecule has 1 saturated carbocycles. The van der Waals surface area contributed by atoms with Crippen LogP contribution in [0.25, 0.3) is 0 Å². The van der Waals surface area contributed by atoms with Crippen molar-refractivity contribution in [3.05, 3.63) is 0 Å². The lowest BCUT2D eigenvalue weighted by atomic mass is 9.76. The second-order valence-electron chi connectivity index (χ2n) is 4.99. The highest BCUT2D eigenvalue weighted by Crippen LogP contribution is 2.36. The lowest BCUT2D eigenvalue weighted by molar-refractivity contribution is 0.0695. The molecule has 1 saturated heterocycles. The molecule has 0 radical (unpaired) electrons. The third-order valence-electron chi connectivity index (χ3n) is 3.95. The molecule has 0 atom stereocenters. The largest absolute Gasteiger partial charge is 0.370 e. The van der Waals surface area contributed by atoms with Crippen LogP contribution in [0.1, 0.15) is 25.7 Å². The zero-order valence-corrected chi connectivity index (χ0v) is 9.87. The van der Waals surface area contributed by atoms with Crippen LogP contribution in [0.5, 0.6) is 0 Å². The highest BCUT2D eigenvalue weighted by Gasteiger charge is 2.38. The first kappa shape index (κ1) is 10.7. The van der Waals surface area contributed by atoms with Crippen LogP contribution in [0.3, 0.4) is 0 Å². The SMILES string of the molecule is CN(C)C1(CN=C(N)N2CCC2)CCC1. The predicted octanol–water partition coefficient (Wildman–Crippen LogP) is 0.491. The van der Waals surface area contributed by atoms with Crippen molar-refractivity contribution in [1.29, 1.82) is 0 Å². The molecule has 1 aliphatic carbocycles. The Kier molecular flexibility index (Phi) is 2.87. The van der Waals surface area contributed by atoms with Crippen LogP contribution in [0.15, 0.2) is 4.99 Å². The van der Waals surface area contributed by atoms with Crippen molar-refractivity contribution in [3.8, 4) is 0 Å². The molecule has 15 heavy (non-hydrogen) atoms. The van der Waals surface area contributed by atoms with Crippen LogP contribution < -0.4 is 5.73 Å². The van der Waals surface area contributed by atoms with Crippen LogP contribution >= 0.6 is 0 Å². The molecular formula is C11H22N4. The van der Waals surface area contributed by atoms with Crippen LogP contribution in [0.2, 0.25) is 0 Å². The van der Waals surface area contributed by atoms with Gasteiger partial charge in [-0.2, -0.15) is 0 Å². The van der Waals surface area contributed by atoms with Gasteiger partial charge in [0, 0.05) is 18.6 Å². The summed E-state index contributed by atoms with van der Waals surface area (Å²) in [6.45, 7) is 3.04. The summed E-state index contributed by atoms with van der Waals surface area (Å²) in [5.41, 5.74) is 6.22. The second kappa shape index (κ2) is 4.00. The van der Waals surface area contributed by atoms with Crippen molar-refractivity contribution >= 4 is 5.96 Å². The Morgan fingerprint density at radius 1 is 1.33 bits per heavy atom. The van der Waals surface area contributed by atoms with E-state index in [0.29, 0.717) is 5.54 Å². The van der Waals surface area contributed by atoms with E-state index in [-0.39, 0.29) is 0 Å². The summed E-state index contributed by atoms with van der Waals surface area (Å²) in [6.07, 6.45) is 5.11. The molecule has 86 valence electrons. The second-order valence-corrected chi connectivity index (χ2v) is 4.99. The molecule has 1 aliphatic heterocycles. The Hall–Kier alpha value is -0.770. The number of hydrogen-bond acceptors (Lipinski definition) is 2. The number of likely N-dealkylation sites (tertiary alicyclic amines) is 1. The standard InChI is InChI=1S/C11H22N4/c1-14(2)11(5-3-6-11)9-13-10(12)15-7-4-8-15/h3-9H2,1-2H3,(H2,12,13). The van der Waals surface area contributed by atoms with E-state index in [1.54, 1.807) is 0 Å². The van der Waals surface area contributed by atoms with Crippen molar-refractivity contribution in [2.45, 2.75) is 31.2 Å². The molecule has 0 aromatic carbocycles. The van der Waals surface area contributed by atoms with E-state index >= 15 is 0 Å². The van der Waals surface area contributed by atoms with Gasteiger partial charge in [-0.3, -0.25) is 4.99 Å². The van der Waals surface area contributed by atoms with Gasteiger partial charge in [0.05, 0.1) is 6.54 Å². The minimum Gasteiger partial charge on any atom is -0.370 e. The number of nitrogens with two attached hydrogens (primary N) is 1. The number of guanidine groups is 1. The van der Waals surface area contributed by atoms with Gasteiger partial charge in [-0.25, -0.2) is 0 Å². The lowest BCUT2D eigenvalue weighted by Gasteiger charge is -2.46. The van der Waals surface area contributed by atoms with Crippen LogP contribution in [-0.2, 0) is 0 Å². The molecule has 0 bridgehead atoms. The van der Waals surface area contributed by atoms with E-state index in [2.05, 4.69) is 28.9 Å². The fraction of sp³-hybridized carbons (Fsp3) is 0.909. The van der Waals surface area contributed by atoms with Crippen molar-refractivity contribution in [3.63, 3.8) is 0 Å². The number of nitrogens with zero attached hydrogens (tertiary/aromatic N) is 3. The molecule has 2 aliphatic rings. The quantitative estimate of drug-likeness (QED) is 0.545. The van der Waals surface area contributed by atoms with Crippen LogP contribution in [0.4, 0.5) is 0 Å². The fourth-order valence-electron chi connectivity index (χ4n) is 2.21. The van der Waals surface area contributed by atoms with Crippen molar-refractivity contribution in [1.82, 2.24) is 9.80 Å². The average molecular weight is 210 g/mol. The van der Waals surface area contributed by atoms with Gasteiger partial charge in [0.15, 0.2) is 5.96 Å². The summed E-state index contributed by atoms with van der Waals surface area (Å²) < 4.78 is 0. The van der Waals surface area contributed by atoms with Crippen molar-refractivity contribution < 1.29 is 0 Å². The summed E-state index contributed by atoms with van der Waals surface area (Å²) >= 11 is 0. The first-order valence-corrected chi connectivity index (χ1v) is 5.86. The Balaban J connectivity index is 1.89. The summed E-state index contributed by atoms with van der Waals surface area (Å²) in [5, 5.41) is 0. The maximum Gasteiger partial charge on any atom is 0.191 e. The Bertz CT molecular complexity index is 251. The normalized spacial score (nSPS) is 25.0. The van der Waals surface area contributed by atoms with Crippen LogP contribution in [-0.4, -0.2) is 55.0 Å². The molecule has 0 unspecified atom stereocenters. The minimum absolute atomic E-state index is 0.301. The summed E-state index contributed by atoms with van der Waals surface area (Å²) in [4.78, 5) is 9.00. The molecule has 0 amide bonds. The number of likely N-dealkylation sites (N-methyl/N-ethyl adjacent to an activating group) is 1. The third-order valence-corrected chi connectivity index (χ3v) is 3.95. The van der Waals surface area contributed by atoms with E-state index in [9.17, 15) is 0 Å². The van der Waals surface area contributed by atoms with E-state index < -0.39 is 0 Å². The average Bonchev–Trinajstić information content (AvgIpc) is 1.97. The van der Waals surface area contributed by atoms with Crippen molar-refractivity contribution in [2.75, 3.05) is 33.7 Å². The number of rotatable bonds is 3. The monoisotopic (exact) mass is 210 g/mol. The van der Waals surface area contributed by atoms with Crippen molar-refractivity contribution in [2.24, 2.45) is 10.7 Å². The Morgan fingerprint density at radius 2 is 2.00 bits per heavy atom. The molecule has 4 heteroatoms. The smallest absolute Gasteiger partial charge is 0.191 e. The highest BCUT2D eigenvalue weighted by atomic mass is 15.3. The first-order valence-electron chi connectivity index (χ1n) is 5.86. The number of aliphatic imine (C=N–C) groups is 1. The highest BCUT2D eigenvalue weighted by molar-refractivity contribution is 5.78. The minimum atomic E-state index is 0.301. The van der Waals surface area contributed by atoms with E-state index in [1.165, 1.54) is 25.7 Å². The maximum absolute atomic E-state index is 5.92. The summed E-state index contributed by atoms with van der Waals surface area (Å²) in [6, 6.07) is 0. The molecular weight excluding hydrogens is 188 g/mol. The molecule has 0 aromatic rings. The summed E-state index contributed by atoms with van der Waals surface area (Å²) in [7, 11) is 4.29. The van der Waals surface area contributed by atoms with E-state index in [0.717, 1.165) is 25.6 Å². The molecule has 1 heterocycles. The topological polar surface area (TPSA) is 44.9 Å². The van der Waals surface area contributed by atoms with Gasteiger partial charge in [0.25, 0.3) is 0 Å². The summed E-state index contributed by atoms with van der Waals surface area (Å²) in [5.74, 6) is 0.745. The van der Waals surface area contributed by atoms with Gasteiger partial charge < -0.3 is 15.5 Å². The van der Waals surface area contributed by atoms with Crippen LogP contribution in [0, 0.1) is 0 Å². The van der Waals surface area contributed by atoms with Gasteiger partial charge in [-0.15, -0.1) is 0 Å². The zero-order chi connectivity index (χ0) is 10.9. The molecule has 2 fully saturated rings. The molecule has 2 rings (SSSR count). The van der Waals surface area contributed by atoms with E-state index in [4.69, 9.17) is 5.73 Å². The Morgan fingerprint density at radius 3 is 2.33 bits per heavy atom. The Labute approximate surface area is 92.1 Å². The maximum atomic E-state index is 5.92. The van der Waals surface area contributed by atoms with Gasteiger partial charge in [-0.05, 0) is 39.8 Å². The zero-order valence-electron chi connectivity index (χ0n) is 9.87. The number of hydrogen-bond donors (Lipinski definition) is 1. The molecule has 4 nitrogen and oxygen atoms in total. The first-order chi connectivity index (χ1) is 7.14. The lowest BCUT2D eigenvalue weighted by Crippen LogP contribution is -2.53. The third kappa shape index (κ3) is 1.95. The molecule has 2 N–H and O–H groups in total. The fourth-order valence-corrected chi connectivity index (χ4v) is 2.21.